The van der Waals surface area contributed by atoms with Crippen molar-refractivity contribution in [2.75, 3.05) is 18.0 Å². The fourth-order valence-electron chi connectivity index (χ4n) is 3.56. The van der Waals surface area contributed by atoms with E-state index < -0.39 is 0 Å². The van der Waals surface area contributed by atoms with Crippen molar-refractivity contribution in [2.45, 2.75) is 19.4 Å². The largest absolute Gasteiger partial charge is 0.371 e. The summed E-state index contributed by atoms with van der Waals surface area (Å²) in [5, 5.41) is 3.05. The number of hydrogen-bond acceptors (Lipinski definition) is 3. The lowest BCUT2D eigenvalue weighted by atomic mass is 10.1. The summed E-state index contributed by atoms with van der Waals surface area (Å²) in [5.41, 5.74) is 3.72. The van der Waals surface area contributed by atoms with E-state index in [2.05, 4.69) is 33.4 Å². The van der Waals surface area contributed by atoms with E-state index in [-0.39, 0.29) is 5.91 Å². The summed E-state index contributed by atoms with van der Waals surface area (Å²) < 4.78 is 2.26. The molecule has 27 heavy (non-hydrogen) atoms. The van der Waals surface area contributed by atoms with Gasteiger partial charge in [-0.05, 0) is 48.8 Å². The van der Waals surface area contributed by atoms with Gasteiger partial charge in [0.05, 0.1) is 0 Å². The topological polar surface area (TPSA) is 53.1 Å². The van der Waals surface area contributed by atoms with Crippen LogP contribution in [0, 0.1) is 4.77 Å². The molecule has 3 aromatic rings. The number of hydrogen-bond donors (Lipinski definition) is 2. The SMILES string of the molecule is O=C(NCc1ccccc1N1CCCC1)c1c[nH]c(=S)n1-c1ccccc1. The van der Waals surface area contributed by atoms with Crippen molar-refractivity contribution in [1.29, 1.82) is 0 Å². The molecule has 0 unspecified atom stereocenters. The van der Waals surface area contributed by atoms with E-state index in [0.29, 0.717) is 17.0 Å². The summed E-state index contributed by atoms with van der Waals surface area (Å²) in [6.07, 6.45) is 4.11. The van der Waals surface area contributed by atoms with Crippen molar-refractivity contribution >= 4 is 23.8 Å². The molecule has 2 N–H and O–H groups in total. The second-order valence-electron chi connectivity index (χ2n) is 6.66. The molecule has 2 aromatic carbocycles. The van der Waals surface area contributed by atoms with Crippen LogP contribution >= 0.6 is 12.2 Å². The lowest BCUT2D eigenvalue weighted by molar-refractivity contribution is 0.0944. The number of imidazole rings is 1. The van der Waals surface area contributed by atoms with Crippen molar-refractivity contribution < 1.29 is 4.79 Å². The Morgan fingerprint density at radius 3 is 2.52 bits per heavy atom. The first-order chi connectivity index (χ1) is 13.2. The van der Waals surface area contributed by atoms with Crippen LogP contribution in [0.4, 0.5) is 5.69 Å². The Morgan fingerprint density at radius 2 is 1.74 bits per heavy atom. The number of rotatable bonds is 5. The predicted molar refractivity (Wildman–Crippen MR) is 110 cm³/mol. The Labute approximate surface area is 163 Å². The van der Waals surface area contributed by atoms with Crippen LogP contribution in [0.3, 0.4) is 0 Å². The van der Waals surface area contributed by atoms with E-state index in [9.17, 15) is 4.79 Å². The number of nitrogens with zero attached hydrogens (tertiary/aromatic N) is 2. The van der Waals surface area contributed by atoms with E-state index >= 15 is 0 Å². The average molecular weight is 379 g/mol. The Hall–Kier alpha value is -2.86. The normalized spacial score (nSPS) is 13.7. The fourth-order valence-corrected chi connectivity index (χ4v) is 3.82. The van der Waals surface area contributed by atoms with Crippen molar-refractivity contribution in [2.24, 2.45) is 0 Å². The maximum absolute atomic E-state index is 12.8. The van der Waals surface area contributed by atoms with Gasteiger partial charge in [0, 0.05) is 37.2 Å². The third kappa shape index (κ3) is 3.66. The summed E-state index contributed by atoms with van der Waals surface area (Å²) in [5.74, 6) is -0.151. The molecular weight excluding hydrogens is 356 g/mol. The minimum absolute atomic E-state index is 0.151. The number of aromatic nitrogens is 2. The standard InChI is InChI=1S/C21H22N4OS/c26-20(19-15-23-21(27)25(19)17-9-2-1-3-10-17)22-14-16-8-4-5-11-18(16)24-12-6-7-13-24/h1-5,8-11,15H,6-7,12-14H2,(H,22,26)(H,23,27). The molecule has 1 aliphatic rings. The predicted octanol–water partition coefficient (Wildman–Crippen LogP) is 4.07. The number of para-hydroxylation sites is 2. The third-order valence-corrected chi connectivity index (χ3v) is 5.20. The summed E-state index contributed by atoms with van der Waals surface area (Å²) in [6.45, 7) is 2.64. The van der Waals surface area contributed by atoms with Gasteiger partial charge in [0.25, 0.3) is 5.91 Å². The van der Waals surface area contributed by atoms with Crippen LogP contribution in [0.25, 0.3) is 5.69 Å². The number of benzene rings is 2. The Bertz CT molecular complexity index is 987. The Balaban J connectivity index is 1.54. The first-order valence-electron chi connectivity index (χ1n) is 9.21. The smallest absolute Gasteiger partial charge is 0.270 e. The quantitative estimate of drug-likeness (QED) is 0.658. The van der Waals surface area contributed by atoms with Crippen molar-refractivity contribution in [3.63, 3.8) is 0 Å². The molecule has 0 spiro atoms. The van der Waals surface area contributed by atoms with E-state index in [1.807, 2.05) is 36.4 Å². The summed E-state index contributed by atoms with van der Waals surface area (Å²) in [6, 6.07) is 17.9. The van der Waals surface area contributed by atoms with Gasteiger partial charge in [-0.25, -0.2) is 0 Å². The van der Waals surface area contributed by atoms with E-state index in [1.54, 1.807) is 10.8 Å². The first-order valence-corrected chi connectivity index (χ1v) is 9.62. The summed E-state index contributed by atoms with van der Waals surface area (Å²) in [7, 11) is 0. The molecule has 1 aromatic heterocycles. The molecule has 1 fully saturated rings. The van der Waals surface area contributed by atoms with Gasteiger partial charge in [-0.1, -0.05) is 36.4 Å². The summed E-state index contributed by atoms with van der Waals surface area (Å²) in [4.78, 5) is 18.2. The second kappa shape index (κ2) is 7.80. The van der Waals surface area contributed by atoms with Crippen molar-refractivity contribution in [3.05, 3.63) is 76.8 Å². The number of anilines is 1. The van der Waals surface area contributed by atoms with Gasteiger partial charge in [-0.15, -0.1) is 0 Å². The minimum atomic E-state index is -0.151. The number of nitrogens with one attached hydrogen (secondary N) is 2. The third-order valence-electron chi connectivity index (χ3n) is 4.90. The van der Waals surface area contributed by atoms with E-state index in [1.165, 1.54) is 18.5 Å². The lowest BCUT2D eigenvalue weighted by Gasteiger charge is -2.21. The zero-order valence-corrected chi connectivity index (χ0v) is 15.8. The van der Waals surface area contributed by atoms with E-state index in [4.69, 9.17) is 12.2 Å². The van der Waals surface area contributed by atoms with Gasteiger partial charge in [-0.2, -0.15) is 0 Å². The zero-order chi connectivity index (χ0) is 18.6. The Morgan fingerprint density at radius 1 is 1.04 bits per heavy atom. The first kappa shape index (κ1) is 17.5. The number of H-pyrrole nitrogens is 1. The molecule has 0 radical (unpaired) electrons. The fraction of sp³-hybridized carbons (Fsp3) is 0.238. The monoisotopic (exact) mass is 378 g/mol. The van der Waals surface area contributed by atoms with Crippen LogP contribution in [0.2, 0.25) is 0 Å². The number of aromatic amines is 1. The molecule has 2 heterocycles. The molecule has 4 rings (SSSR count). The maximum Gasteiger partial charge on any atom is 0.270 e. The molecule has 6 heteroatoms. The molecule has 138 valence electrons. The highest BCUT2D eigenvalue weighted by atomic mass is 32.1. The Kier molecular flexibility index (Phi) is 5.07. The molecule has 0 bridgehead atoms. The van der Waals surface area contributed by atoms with Gasteiger partial charge < -0.3 is 15.2 Å². The molecule has 0 saturated carbocycles. The minimum Gasteiger partial charge on any atom is -0.371 e. The molecule has 1 amide bonds. The molecule has 5 nitrogen and oxygen atoms in total. The molecule has 0 atom stereocenters. The lowest BCUT2D eigenvalue weighted by Crippen LogP contribution is -2.27. The van der Waals surface area contributed by atoms with Gasteiger partial charge in [-0.3, -0.25) is 9.36 Å². The molecule has 1 aliphatic heterocycles. The van der Waals surface area contributed by atoms with Crippen LogP contribution in [0.1, 0.15) is 28.9 Å². The highest BCUT2D eigenvalue weighted by Gasteiger charge is 2.17. The van der Waals surface area contributed by atoms with Crippen LogP contribution in [0.5, 0.6) is 0 Å². The van der Waals surface area contributed by atoms with Gasteiger partial charge in [0.1, 0.15) is 5.69 Å². The average Bonchev–Trinajstić information content (AvgIpc) is 3.37. The molecule has 0 aliphatic carbocycles. The van der Waals surface area contributed by atoms with Gasteiger partial charge in [0.2, 0.25) is 0 Å². The molecular formula is C21H22N4OS. The second-order valence-corrected chi connectivity index (χ2v) is 7.04. The van der Waals surface area contributed by atoms with Crippen molar-refractivity contribution in [3.8, 4) is 5.69 Å². The number of carbonyl (C=O) groups is 1. The van der Waals surface area contributed by atoms with E-state index in [0.717, 1.165) is 24.3 Å². The van der Waals surface area contributed by atoms with Crippen molar-refractivity contribution in [1.82, 2.24) is 14.9 Å². The molecule has 1 saturated heterocycles. The van der Waals surface area contributed by atoms with Crippen LogP contribution < -0.4 is 10.2 Å². The highest BCUT2D eigenvalue weighted by Crippen LogP contribution is 2.24. The van der Waals surface area contributed by atoms with Crippen LogP contribution in [-0.2, 0) is 6.54 Å². The number of carbonyl (C=O) groups excluding carboxylic acids is 1. The van der Waals surface area contributed by atoms with Gasteiger partial charge >= 0.3 is 0 Å². The highest BCUT2D eigenvalue weighted by molar-refractivity contribution is 7.71. The maximum atomic E-state index is 12.8. The zero-order valence-electron chi connectivity index (χ0n) is 15.0. The summed E-state index contributed by atoms with van der Waals surface area (Å²) >= 11 is 5.37. The van der Waals surface area contributed by atoms with Crippen LogP contribution in [-0.4, -0.2) is 28.5 Å². The van der Waals surface area contributed by atoms with Gasteiger partial charge in [0.15, 0.2) is 4.77 Å². The number of amides is 1. The van der Waals surface area contributed by atoms with Crippen LogP contribution in [0.15, 0.2) is 60.8 Å².